The fourth-order valence-electron chi connectivity index (χ4n) is 1.01. The number of hydrogen-bond acceptors (Lipinski definition) is 2. The van der Waals surface area contributed by atoms with Gasteiger partial charge in [-0.25, -0.2) is 4.79 Å². The molecule has 0 bridgehead atoms. The Balaban J connectivity index is 2.49. The minimum absolute atomic E-state index is 0.528. The van der Waals surface area contributed by atoms with E-state index in [1.165, 1.54) is 4.90 Å². The van der Waals surface area contributed by atoms with Crippen molar-refractivity contribution >= 4 is 6.03 Å². The fourth-order valence-corrected chi connectivity index (χ4v) is 1.01. The number of rotatable bonds is 0. The Hall–Kier alpha value is -0.770. The third-order valence-corrected chi connectivity index (χ3v) is 1.50. The molecular formula is C5H10N2O2. The van der Waals surface area contributed by atoms with Gasteiger partial charge in [-0.3, -0.25) is 4.90 Å². The molecule has 1 aliphatic heterocycles. The highest BCUT2D eigenvalue weighted by Gasteiger charge is 2.24. The number of carbonyl (C=O) groups excluding carboxylic acids is 1. The monoisotopic (exact) mass is 130 g/mol. The number of carbonyl (C=O) groups is 1. The SMILES string of the molecule is NC(=O)N1CCCC1O. The first-order valence-electron chi connectivity index (χ1n) is 2.96. The van der Waals surface area contributed by atoms with E-state index >= 15 is 0 Å². The van der Waals surface area contributed by atoms with Crippen LogP contribution in [0.2, 0.25) is 0 Å². The lowest BCUT2D eigenvalue weighted by Crippen LogP contribution is -2.39. The Morgan fingerprint density at radius 1 is 1.78 bits per heavy atom. The summed E-state index contributed by atoms with van der Waals surface area (Å²) in [4.78, 5) is 11.7. The summed E-state index contributed by atoms with van der Waals surface area (Å²) < 4.78 is 0. The molecule has 9 heavy (non-hydrogen) atoms. The molecule has 1 aliphatic rings. The second-order valence-electron chi connectivity index (χ2n) is 2.15. The normalized spacial score (nSPS) is 26.8. The first-order chi connectivity index (χ1) is 4.22. The minimum atomic E-state index is -0.637. The van der Waals surface area contributed by atoms with Gasteiger partial charge < -0.3 is 10.8 Å². The zero-order chi connectivity index (χ0) is 6.85. The van der Waals surface area contributed by atoms with Crippen molar-refractivity contribution in [3.63, 3.8) is 0 Å². The van der Waals surface area contributed by atoms with Crippen molar-refractivity contribution in [3.8, 4) is 0 Å². The smallest absolute Gasteiger partial charge is 0.316 e. The van der Waals surface area contributed by atoms with Gasteiger partial charge in [-0.1, -0.05) is 0 Å². The molecule has 0 aromatic rings. The van der Waals surface area contributed by atoms with Crippen molar-refractivity contribution < 1.29 is 9.90 Å². The molecule has 3 N–H and O–H groups in total. The van der Waals surface area contributed by atoms with Crippen LogP contribution in [0.25, 0.3) is 0 Å². The van der Waals surface area contributed by atoms with Crippen molar-refractivity contribution in [2.45, 2.75) is 19.1 Å². The van der Waals surface area contributed by atoms with Gasteiger partial charge >= 0.3 is 6.03 Å². The van der Waals surface area contributed by atoms with Crippen LogP contribution in [-0.4, -0.2) is 28.8 Å². The molecule has 0 saturated carbocycles. The fraction of sp³-hybridized carbons (Fsp3) is 0.800. The van der Waals surface area contributed by atoms with E-state index in [1.807, 2.05) is 0 Å². The van der Waals surface area contributed by atoms with Gasteiger partial charge in [-0.15, -0.1) is 0 Å². The van der Waals surface area contributed by atoms with Gasteiger partial charge in [-0.2, -0.15) is 0 Å². The minimum Gasteiger partial charge on any atom is -0.373 e. The average molecular weight is 130 g/mol. The largest absolute Gasteiger partial charge is 0.373 e. The zero-order valence-electron chi connectivity index (χ0n) is 5.08. The number of primary amides is 1. The number of aliphatic hydroxyl groups excluding tert-OH is 1. The molecule has 52 valence electrons. The molecular weight excluding hydrogens is 120 g/mol. The Bertz CT molecular complexity index is 126. The average Bonchev–Trinajstić information content (AvgIpc) is 2.13. The molecule has 0 aliphatic carbocycles. The van der Waals surface area contributed by atoms with E-state index in [2.05, 4.69) is 0 Å². The molecule has 1 saturated heterocycles. The van der Waals surface area contributed by atoms with E-state index in [0.29, 0.717) is 13.0 Å². The predicted molar refractivity (Wildman–Crippen MR) is 31.5 cm³/mol. The van der Waals surface area contributed by atoms with E-state index in [1.54, 1.807) is 0 Å². The summed E-state index contributed by atoms with van der Waals surface area (Å²) in [5, 5.41) is 8.98. The van der Waals surface area contributed by atoms with Gasteiger partial charge in [0.25, 0.3) is 0 Å². The van der Waals surface area contributed by atoms with Gasteiger partial charge in [0.1, 0.15) is 6.23 Å². The highest BCUT2D eigenvalue weighted by Crippen LogP contribution is 2.12. The van der Waals surface area contributed by atoms with Crippen molar-refractivity contribution in [2.24, 2.45) is 5.73 Å². The Labute approximate surface area is 53.2 Å². The lowest BCUT2D eigenvalue weighted by atomic mass is 10.4. The molecule has 2 amide bonds. The number of likely N-dealkylation sites (tertiary alicyclic amines) is 1. The molecule has 4 nitrogen and oxygen atoms in total. The van der Waals surface area contributed by atoms with E-state index in [-0.39, 0.29) is 0 Å². The highest BCUT2D eigenvalue weighted by molar-refractivity contribution is 5.72. The van der Waals surface area contributed by atoms with Crippen LogP contribution in [0.4, 0.5) is 4.79 Å². The molecule has 1 fully saturated rings. The van der Waals surface area contributed by atoms with E-state index in [4.69, 9.17) is 10.8 Å². The molecule has 1 rings (SSSR count). The van der Waals surface area contributed by atoms with E-state index < -0.39 is 12.3 Å². The molecule has 4 heteroatoms. The van der Waals surface area contributed by atoms with Gasteiger partial charge in [0.05, 0.1) is 0 Å². The number of amides is 2. The van der Waals surface area contributed by atoms with Gasteiger partial charge in [0.2, 0.25) is 0 Å². The maximum absolute atomic E-state index is 10.4. The quantitative estimate of drug-likeness (QED) is 0.463. The standard InChI is InChI=1S/C5H10N2O2/c6-5(9)7-3-1-2-4(7)8/h4,8H,1-3H2,(H2,6,9). The van der Waals surface area contributed by atoms with Crippen molar-refractivity contribution in [3.05, 3.63) is 0 Å². The summed E-state index contributed by atoms with van der Waals surface area (Å²) in [6.45, 7) is 0.594. The molecule has 0 spiro atoms. The molecule has 1 atom stereocenters. The van der Waals surface area contributed by atoms with Crippen LogP contribution in [0.1, 0.15) is 12.8 Å². The molecule has 1 heterocycles. The summed E-state index contributed by atoms with van der Waals surface area (Å²) >= 11 is 0. The Kier molecular flexibility index (Phi) is 1.57. The first kappa shape index (κ1) is 6.35. The van der Waals surface area contributed by atoms with Crippen LogP contribution >= 0.6 is 0 Å². The molecule has 0 aromatic carbocycles. The summed E-state index contributed by atoms with van der Waals surface area (Å²) in [6, 6.07) is -0.528. The van der Waals surface area contributed by atoms with Crippen LogP contribution in [0, 0.1) is 0 Å². The van der Waals surface area contributed by atoms with Crippen molar-refractivity contribution in [1.82, 2.24) is 4.90 Å². The van der Waals surface area contributed by atoms with Crippen LogP contribution in [0.15, 0.2) is 0 Å². The van der Waals surface area contributed by atoms with E-state index in [9.17, 15) is 4.79 Å². The molecule has 1 unspecified atom stereocenters. The first-order valence-corrected chi connectivity index (χ1v) is 2.96. The number of hydrogen-bond donors (Lipinski definition) is 2. The summed E-state index contributed by atoms with van der Waals surface area (Å²) in [5.41, 5.74) is 4.92. The van der Waals surface area contributed by atoms with Crippen LogP contribution in [-0.2, 0) is 0 Å². The maximum Gasteiger partial charge on any atom is 0.316 e. The third kappa shape index (κ3) is 1.13. The van der Waals surface area contributed by atoms with Crippen molar-refractivity contribution in [2.75, 3.05) is 6.54 Å². The predicted octanol–water partition coefficient (Wildman–Crippen LogP) is -0.521. The van der Waals surface area contributed by atoms with Crippen molar-refractivity contribution in [1.29, 1.82) is 0 Å². The number of nitrogens with two attached hydrogens (primary N) is 1. The van der Waals surface area contributed by atoms with Gasteiger partial charge in [-0.05, 0) is 12.8 Å². The Morgan fingerprint density at radius 2 is 2.44 bits per heavy atom. The number of urea groups is 1. The second kappa shape index (κ2) is 2.23. The lowest BCUT2D eigenvalue weighted by Gasteiger charge is -2.16. The van der Waals surface area contributed by atoms with Crippen LogP contribution in [0.3, 0.4) is 0 Å². The van der Waals surface area contributed by atoms with Crippen LogP contribution in [0.5, 0.6) is 0 Å². The zero-order valence-corrected chi connectivity index (χ0v) is 5.08. The Morgan fingerprint density at radius 3 is 2.67 bits per heavy atom. The summed E-state index contributed by atoms with van der Waals surface area (Å²) in [5.74, 6) is 0. The van der Waals surface area contributed by atoms with Gasteiger partial charge in [0, 0.05) is 6.54 Å². The van der Waals surface area contributed by atoms with Crippen LogP contribution < -0.4 is 5.73 Å². The third-order valence-electron chi connectivity index (χ3n) is 1.50. The number of aliphatic hydroxyl groups is 1. The number of nitrogens with zero attached hydrogens (tertiary/aromatic N) is 1. The summed E-state index contributed by atoms with van der Waals surface area (Å²) in [7, 11) is 0. The lowest BCUT2D eigenvalue weighted by molar-refractivity contribution is 0.0650. The highest BCUT2D eigenvalue weighted by atomic mass is 16.3. The molecule has 0 radical (unpaired) electrons. The molecule has 0 aromatic heterocycles. The topological polar surface area (TPSA) is 66.6 Å². The van der Waals surface area contributed by atoms with E-state index in [0.717, 1.165) is 6.42 Å². The maximum atomic E-state index is 10.4. The second-order valence-corrected chi connectivity index (χ2v) is 2.15. The summed E-state index contributed by atoms with van der Waals surface area (Å²) in [6.07, 6.45) is 0.870. The van der Waals surface area contributed by atoms with Gasteiger partial charge in [0.15, 0.2) is 0 Å².